The lowest BCUT2D eigenvalue weighted by atomic mass is 10.2. The Balaban J connectivity index is 3.34. The number of methoxy groups -OCH3 is 3. The van der Waals surface area contributed by atoms with E-state index >= 15 is 0 Å². The van der Waals surface area contributed by atoms with Crippen molar-refractivity contribution in [3.63, 3.8) is 0 Å². The largest absolute Gasteiger partial charge is 0.493 e. The molecule has 6 heteroatoms. The predicted octanol–water partition coefficient (Wildman–Crippen LogP) is 1.02. The summed E-state index contributed by atoms with van der Waals surface area (Å²) in [6.07, 6.45) is 0. The van der Waals surface area contributed by atoms with E-state index in [1.807, 2.05) is 0 Å². The summed E-state index contributed by atoms with van der Waals surface area (Å²) in [6, 6.07) is 3.19. The summed E-state index contributed by atoms with van der Waals surface area (Å²) >= 11 is 0. The number of amides is 1. The summed E-state index contributed by atoms with van der Waals surface area (Å²) in [5.74, 6) is 0.995. The van der Waals surface area contributed by atoms with Crippen molar-refractivity contribution in [2.45, 2.75) is 6.92 Å². The minimum atomic E-state index is -0.423. The molecule has 1 amide bonds. The van der Waals surface area contributed by atoms with Crippen molar-refractivity contribution in [2.24, 2.45) is 0 Å². The molecule has 100 valence electrons. The zero-order chi connectivity index (χ0) is 13.7. The first-order chi connectivity index (χ1) is 8.58. The molecule has 0 aliphatic heterocycles. The van der Waals surface area contributed by atoms with Crippen molar-refractivity contribution in [3.8, 4) is 17.2 Å². The van der Waals surface area contributed by atoms with Crippen LogP contribution in [-0.4, -0.2) is 39.1 Å². The highest BCUT2D eigenvalue weighted by atomic mass is 16.5. The number of hydrogen-bond donors (Lipinski definition) is 1. The van der Waals surface area contributed by atoms with Gasteiger partial charge in [0.2, 0.25) is 11.7 Å². The second kappa shape index (κ2) is 6.11. The molecule has 0 atom stereocenters. The standard InChI is InChI=1S/C12H17NO5/c1-8(15)13(7-14)9-5-10(16-2)12(18-4)11(6-9)17-3/h5-6,14H,7H2,1-4H3. The number of carbonyl (C=O) groups excluding carboxylic acids is 1. The molecule has 0 unspecified atom stereocenters. The van der Waals surface area contributed by atoms with Gasteiger partial charge in [-0.1, -0.05) is 0 Å². The summed E-state index contributed by atoms with van der Waals surface area (Å²) in [5.41, 5.74) is 0.472. The van der Waals surface area contributed by atoms with Gasteiger partial charge >= 0.3 is 0 Å². The molecule has 6 nitrogen and oxygen atoms in total. The van der Waals surface area contributed by atoms with Crippen LogP contribution in [0.25, 0.3) is 0 Å². The molecule has 1 rings (SSSR count). The number of nitrogens with zero attached hydrogens (tertiary/aromatic N) is 1. The van der Waals surface area contributed by atoms with Crippen molar-refractivity contribution in [1.82, 2.24) is 0 Å². The normalized spacial score (nSPS) is 9.83. The first-order valence-corrected chi connectivity index (χ1v) is 5.28. The summed E-state index contributed by atoms with van der Waals surface area (Å²) in [5, 5.41) is 9.20. The second-order valence-electron chi connectivity index (χ2n) is 3.47. The Morgan fingerprint density at radius 1 is 1.17 bits per heavy atom. The van der Waals surface area contributed by atoms with Crippen LogP contribution in [0.2, 0.25) is 0 Å². The van der Waals surface area contributed by atoms with Crippen LogP contribution in [0.1, 0.15) is 6.92 Å². The van der Waals surface area contributed by atoms with Crippen LogP contribution in [-0.2, 0) is 4.79 Å². The van der Waals surface area contributed by atoms with E-state index in [0.29, 0.717) is 22.9 Å². The summed E-state index contributed by atoms with van der Waals surface area (Å²) < 4.78 is 15.5. The molecular formula is C12H17NO5. The molecule has 0 saturated heterocycles. The Labute approximate surface area is 106 Å². The topological polar surface area (TPSA) is 68.2 Å². The van der Waals surface area contributed by atoms with Gasteiger partial charge < -0.3 is 19.3 Å². The third-order valence-corrected chi connectivity index (χ3v) is 2.48. The van der Waals surface area contributed by atoms with E-state index in [0.717, 1.165) is 0 Å². The quantitative estimate of drug-likeness (QED) is 0.795. The number of hydrogen-bond acceptors (Lipinski definition) is 5. The Hall–Kier alpha value is -1.95. The van der Waals surface area contributed by atoms with Crippen molar-refractivity contribution in [3.05, 3.63) is 12.1 Å². The van der Waals surface area contributed by atoms with E-state index < -0.39 is 6.73 Å². The predicted molar refractivity (Wildman–Crippen MR) is 66.3 cm³/mol. The van der Waals surface area contributed by atoms with Gasteiger partial charge in [-0.25, -0.2) is 0 Å². The van der Waals surface area contributed by atoms with Crippen molar-refractivity contribution >= 4 is 11.6 Å². The molecule has 18 heavy (non-hydrogen) atoms. The third-order valence-electron chi connectivity index (χ3n) is 2.48. The second-order valence-corrected chi connectivity index (χ2v) is 3.47. The fourth-order valence-electron chi connectivity index (χ4n) is 1.59. The van der Waals surface area contributed by atoms with Crippen molar-refractivity contribution in [2.75, 3.05) is 33.0 Å². The lowest BCUT2D eigenvalue weighted by Crippen LogP contribution is -2.29. The Morgan fingerprint density at radius 3 is 1.94 bits per heavy atom. The maximum atomic E-state index is 11.4. The van der Waals surface area contributed by atoms with Gasteiger partial charge in [0, 0.05) is 19.1 Å². The van der Waals surface area contributed by atoms with E-state index in [9.17, 15) is 9.90 Å². The number of ether oxygens (including phenoxy) is 3. The molecule has 1 N–H and O–H groups in total. The molecule has 0 heterocycles. The monoisotopic (exact) mass is 255 g/mol. The molecular weight excluding hydrogens is 238 g/mol. The number of aliphatic hydroxyl groups excluding tert-OH is 1. The van der Waals surface area contributed by atoms with Crippen molar-refractivity contribution < 1.29 is 24.1 Å². The van der Waals surface area contributed by atoms with Crippen LogP contribution < -0.4 is 19.1 Å². The van der Waals surface area contributed by atoms with Gasteiger partial charge in [-0.05, 0) is 0 Å². The summed E-state index contributed by atoms with van der Waals surface area (Å²) in [4.78, 5) is 12.6. The van der Waals surface area contributed by atoms with Gasteiger partial charge in [-0.15, -0.1) is 0 Å². The van der Waals surface area contributed by atoms with E-state index in [4.69, 9.17) is 14.2 Å². The van der Waals surface area contributed by atoms with Gasteiger partial charge in [-0.2, -0.15) is 0 Å². The zero-order valence-electron chi connectivity index (χ0n) is 10.9. The first-order valence-electron chi connectivity index (χ1n) is 5.28. The lowest BCUT2D eigenvalue weighted by Gasteiger charge is -2.21. The molecule has 0 aromatic heterocycles. The zero-order valence-corrected chi connectivity index (χ0v) is 10.9. The maximum absolute atomic E-state index is 11.4. The van der Waals surface area contributed by atoms with E-state index in [2.05, 4.69) is 0 Å². The average molecular weight is 255 g/mol. The van der Waals surface area contributed by atoms with Gasteiger partial charge in [0.05, 0.1) is 27.0 Å². The fourth-order valence-corrected chi connectivity index (χ4v) is 1.59. The van der Waals surface area contributed by atoms with Crippen LogP contribution >= 0.6 is 0 Å². The Morgan fingerprint density at radius 2 is 1.67 bits per heavy atom. The number of carbonyl (C=O) groups is 1. The molecule has 0 aliphatic carbocycles. The Kier molecular flexibility index (Phi) is 4.79. The Bertz CT molecular complexity index is 407. The highest BCUT2D eigenvalue weighted by molar-refractivity contribution is 5.92. The highest BCUT2D eigenvalue weighted by Crippen LogP contribution is 2.40. The molecule has 0 spiro atoms. The van der Waals surface area contributed by atoms with Crippen LogP contribution in [0.5, 0.6) is 17.2 Å². The number of anilines is 1. The first kappa shape index (κ1) is 14.1. The minimum absolute atomic E-state index is 0.285. The molecule has 0 aliphatic rings. The molecule has 0 fully saturated rings. The fraction of sp³-hybridized carbons (Fsp3) is 0.417. The summed E-state index contributed by atoms with van der Waals surface area (Å²) in [6.45, 7) is 0.938. The number of rotatable bonds is 5. The summed E-state index contributed by atoms with van der Waals surface area (Å²) in [7, 11) is 4.46. The van der Waals surface area contributed by atoms with E-state index in [-0.39, 0.29) is 5.91 Å². The van der Waals surface area contributed by atoms with Gasteiger partial charge in [-0.3, -0.25) is 9.69 Å². The average Bonchev–Trinajstić information content (AvgIpc) is 2.37. The van der Waals surface area contributed by atoms with Crippen LogP contribution in [0, 0.1) is 0 Å². The smallest absolute Gasteiger partial charge is 0.225 e. The van der Waals surface area contributed by atoms with Gasteiger partial charge in [0.1, 0.15) is 6.73 Å². The highest BCUT2D eigenvalue weighted by Gasteiger charge is 2.18. The SMILES string of the molecule is COc1cc(N(CO)C(C)=O)cc(OC)c1OC. The van der Waals surface area contributed by atoms with Crippen molar-refractivity contribution in [1.29, 1.82) is 0 Å². The van der Waals surface area contributed by atoms with Gasteiger partial charge in [0.15, 0.2) is 11.5 Å². The molecule has 0 radical (unpaired) electrons. The lowest BCUT2D eigenvalue weighted by molar-refractivity contribution is -0.117. The van der Waals surface area contributed by atoms with E-state index in [1.54, 1.807) is 12.1 Å². The molecule has 1 aromatic carbocycles. The van der Waals surface area contributed by atoms with E-state index in [1.165, 1.54) is 33.2 Å². The van der Waals surface area contributed by atoms with Crippen LogP contribution in [0.15, 0.2) is 12.1 Å². The minimum Gasteiger partial charge on any atom is -0.493 e. The molecule has 0 bridgehead atoms. The van der Waals surface area contributed by atoms with Crippen LogP contribution in [0.4, 0.5) is 5.69 Å². The number of benzene rings is 1. The molecule has 1 aromatic rings. The van der Waals surface area contributed by atoms with Crippen LogP contribution in [0.3, 0.4) is 0 Å². The maximum Gasteiger partial charge on any atom is 0.225 e. The third kappa shape index (κ3) is 2.65. The molecule has 0 saturated carbocycles. The number of aliphatic hydroxyl groups is 1. The van der Waals surface area contributed by atoms with Gasteiger partial charge in [0.25, 0.3) is 0 Å².